The van der Waals surface area contributed by atoms with Crippen LogP contribution in [-0.4, -0.2) is 40.8 Å². The van der Waals surface area contributed by atoms with E-state index in [4.69, 9.17) is 9.47 Å². The molecule has 4 atom stereocenters. The number of carbonyl (C=O) groups is 1. The van der Waals surface area contributed by atoms with E-state index < -0.39 is 30.6 Å². The molecule has 98 valence electrons. The minimum atomic E-state index is -1.22. The average molecular weight is 252 g/mol. The van der Waals surface area contributed by atoms with Crippen LogP contribution in [0.4, 0.5) is 0 Å². The summed E-state index contributed by atoms with van der Waals surface area (Å²) in [5.41, 5.74) is 0.449. The molecule has 1 heterocycles. The van der Waals surface area contributed by atoms with E-state index in [0.29, 0.717) is 5.56 Å². The zero-order chi connectivity index (χ0) is 13.1. The van der Waals surface area contributed by atoms with Gasteiger partial charge in [0.25, 0.3) is 0 Å². The molecular formula is C13H16O5. The van der Waals surface area contributed by atoms with Crippen molar-refractivity contribution in [2.24, 2.45) is 0 Å². The van der Waals surface area contributed by atoms with Crippen LogP contribution in [0.5, 0.6) is 0 Å². The quantitative estimate of drug-likeness (QED) is 0.758. The van der Waals surface area contributed by atoms with Crippen LogP contribution in [-0.2, 0) is 9.47 Å². The summed E-state index contributed by atoms with van der Waals surface area (Å²) < 4.78 is 10.3. The second-order valence-electron chi connectivity index (χ2n) is 4.34. The van der Waals surface area contributed by atoms with E-state index in [1.54, 1.807) is 31.2 Å². The lowest BCUT2D eigenvalue weighted by Crippen LogP contribution is -2.47. The fourth-order valence-corrected chi connectivity index (χ4v) is 1.87. The van der Waals surface area contributed by atoms with Gasteiger partial charge in [-0.2, -0.15) is 0 Å². The highest BCUT2D eigenvalue weighted by molar-refractivity contribution is 5.89. The average Bonchev–Trinajstić information content (AvgIpc) is 2.37. The Kier molecular flexibility index (Phi) is 3.96. The van der Waals surface area contributed by atoms with Crippen molar-refractivity contribution in [1.82, 2.24) is 0 Å². The van der Waals surface area contributed by atoms with Gasteiger partial charge in [0, 0.05) is 6.42 Å². The molecule has 1 aromatic carbocycles. The third-order valence-corrected chi connectivity index (χ3v) is 2.95. The first-order chi connectivity index (χ1) is 8.58. The van der Waals surface area contributed by atoms with E-state index in [1.165, 1.54) is 0 Å². The van der Waals surface area contributed by atoms with E-state index in [-0.39, 0.29) is 6.42 Å². The summed E-state index contributed by atoms with van der Waals surface area (Å²) in [6.45, 7) is 1.69. The second-order valence-corrected chi connectivity index (χ2v) is 4.34. The summed E-state index contributed by atoms with van der Waals surface area (Å²) in [6.07, 6.45) is -3.09. The van der Waals surface area contributed by atoms with Crippen molar-refractivity contribution < 1.29 is 24.5 Å². The molecule has 1 aromatic rings. The van der Waals surface area contributed by atoms with Gasteiger partial charge in [-0.25, -0.2) is 4.79 Å². The van der Waals surface area contributed by atoms with Crippen LogP contribution in [0.3, 0.4) is 0 Å². The zero-order valence-electron chi connectivity index (χ0n) is 10.0. The van der Waals surface area contributed by atoms with E-state index in [0.717, 1.165) is 0 Å². The number of esters is 1. The Morgan fingerprint density at radius 1 is 1.33 bits per heavy atom. The molecule has 1 aliphatic rings. The third kappa shape index (κ3) is 2.87. The first-order valence-electron chi connectivity index (χ1n) is 5.85. The summed E-state index contributed by atoms with van der Waals surface area (Å²) in [4.78, 5) is 11.8. The van der Waals surface area contributed by atoms with Crippen molar-refractivity contribution in [2.75, 3.05) is 0 Å². The van der Waals surface area contributed by atoms with Gasteiger partial charge in [-0.1, -0.05) is 18.2 Å². The lowest BCUT2D eigenvalue weighted by atomic mass is 10.0. The number of hydrogen-bond donors (Lipinski definition) is 2. The summed E-state index contributed by atoms with van der Waals surface area (Å²) >= 11 is 0. The van der Waals surface area contributed by atoms with Gasteiger partial charge in [0.2, 0.25) is 0 Å². The SMILES string of the molecule is CC1O[C@@H](O)C(O)C[C@H]1OC(=O)c1ccccc1. The summed E-state index contributed by atoms with van der Waals surface area (Å²) in [7, 11) is 0. The van der Waals surface area contributed by atoms with Crippen LogP contribution in [0.1, 0.15) is 23.7 Å². The number of ether oxygens (including phenoxy) is 2. The molecule has 0 aliphatic carbocycles. The van der Waals surface area contributed by atoms with Gasteiger partial charge >= 0.3 is 5.97 Å². The molecule has 0 saturated carbocycles. The van der Waals surface area contributed by atoms with Crippen LogP contribution >= 0.6 is 0 Å². The minimum absolute atomic E-state index is 0.168. The van der Waals surface area contributed by atoms with Gasteiger partial charge in [0.15, 0.2) is 6.29 Å². The maximum absolute atomic E-state index is 11.8. The molecule has 0 radical (unpaired) electrons. The zero-order valence-corrected chi connectivity index (χ0v) is 10.0. The normalized spacial score (nSPS) is 31.9. The van der Waals surface area contributed by atoms with Crippen molar-refractivity contribution in [3.63, 3.8) is 0 Å². The maximum Gasteiger partial charge on any atom is 0.338 e. The standard InChI is InChI=1S/C13H16O5/c1-8-11(7-10(14)13(16)17-8)18-12(15)9-5-3-2-4-6-9/h2-6,8,10-11,13-14,16H,7H2,1H3/t8?,10?,11-,13-/m1/s1. The number of hydrogen-bond acceptors (Lipinski definition) is 5. The first kappa shape index (κ1) is 13.0. The largest absolute Gasteiger partial charge is 0.456 e. The van der Waals surface area contributed by atoms with Crippen molar-refractivity contribution >= 4 is 5.97 Å². The van der Waals surface area contributed by atoms with Gasteiger partial charge in [0.1, 0.15) is 12.2 Å². The van der Waals surface area contributed by atoms with Crippen LogP contribution in [0.25, 0.3) is 0 Å². The van der Waals surface area contributed by atoms with E-state index in [1.807, 2.05) is 6.07 Å². The Balaban J connectivity index is 1.99. The minimum Gasteiger partial charge on any atom is -0.456 e. The summed E-state index contributed by atoms with van der Waals surface area (Å²) in [6, 6.07) is 8.61. The Morgan fingerprint density at radius 3 is 2.67 bits per heavy atom. The van der Waals surface area contributed by atoms with E-state index in [9.17, 15) is 15.0 Å². The number of rotatable bonds is 2. The Bertz CT molecular complexity index is 405. The van der Waals surface area contributed by atoms with Gasteiger partial charge < -0.3 is 19.7 Å². The fraction of sp³-hybridized carbons (Fsp3) is 0.462. The van der Waals surface area contributed by atoms with E-state index >= 15 is 0 Å². The van der Waals surface area contributed by atoms with Crippen LogP contribution < -0.4 is 0 Å². The molecule has 5 heteroatoms. The molecular weight excluding hydrogens is 236 g/mol. The number of carbonyl (C=O) groups excluding carboxylic acids is 1. The number of benzene rings is 1. The number of aliphatic hydroxyl groups is 2. The number of aliphatic hydroxyl groups excluding tert-OH is 2. The van der Waals surface area contributed by atoms with Crippen LogP contribution in [0.2, 0.25) is 0 Å². The lowest BCUT2D eigenvalue weighted by molar-refractivity contribution is -0.240. The highest BCUT2D eigenvalue weighted by atomic mass is 16.6. The van der Waals surface area contributed by atoms with Crippen LogP contribution in [0, 0.1) is 0 Å². The Labute approximate surface area is 105 Å². The maximum atomic E-state index is 11.8. The van der Waals surface area contributed by atoms with E-state index in [2.05, 4.69) is 0 Å². The van der Waals surface area contributed by atoms with Gasteiger partial charge in [0.05, 0.1) is 11.7 Å². The monoisotopic (exact) mass is 252 g/mol. The summed E-state index contributed by atoms with van der Waals surface area (Å²) in [5, 5.41) is 18.8. The molecule has 0 bridgehead atoms. The molecule has 1 aliphatic heterocycles. The van der Waals surface area contributed by atoms with Crippen molar-refractivity contribution in [3.05, 3.63) is 35.9 Å². The molecule has 1 saturated heterocycles. The predicted octanol–water partition coefficient (Wildman–Crippen LogP) is 0.700. The molecule has 0 spiro atoms. The van der Waals surface area contributed by atoms with Crippen molar-refractivity contribution in [3.8, 4) is 0 Å². The lowest BCUT2D eigenvalue weighted by Gasteiger charge is -2.34. The van der Waals surface area contributed by atoms with Gasteiger partial charge in [-0.05, 0) is 19.1 Å². The molecule has 2 unspecified atom stereocenters. The highest BCUT2D eigenvalue weighted by Gasteiger charge is 2.36. The highest BCUT2D eigenvalue weighted by Crippen LogP contribution is 2.22. The van der Waals surface area contributed by atoms with Gasteiger partial charge in [-0.3, -0.25) is 0 Å². The van der Waals surface area contributed by atoms with Gasteiger partial charge in [-0.15, -0.1) is 0 Å². The molecule has 18 heavy (non-hydrogen) atoms. The second kappa shape index (κ2) is 5.48. The topological polar surface area (TPSA) is 76.0 Å². The Hall–Kier alpha value is -1.43. The predicted molar refractivity (Wildman–Crippen MR) is 62.8 cm³/mol. The molecule has 1 fully saturated rings. The van der Waals surface area contributed by atoms with Crippen molar-refractivity contribution in [2.45, 2.75) is 37.9 Å². The molecule has 0 amide bonds. The molecule has 2 N–H and O–H groups in total. The smallest absolute Gasteiger partial charge is 0.338 e. The fourth-order valence-electron chi connectivity index (χ4n) is 1.87. The molecule has 2 rings (SSSR count). The third-order valence-electron chi connectivity index (χ3n) is 2.95. The Morgan fingerprint density at radius 2 is 2.00 bits per heavy atom. The molecule has 0 aromatic heterocycles. The first-order valence-corrected chi connectivity index (χ1v) is 5.85. The summed E-state index contributed by atoms with van der Waals surface area (Å²) in [5.74, 6) is -0.459. The van der Waals surface area contributed by atoms with Crippen molar-refractivity contribution in [1.29, 1.82) is 0 Å². The molecule has 5 nitrogen and oxygen atoms in total. The van der Waals surface area contributed by atoms with Crippen LogP contribution in [0.15, 0.2) is 30.3 Å².